The molecule has 1 aliphatic heterocycles. The monoisotopic (exact) mass is 285 g/mol. The van der Waals surface area contributed by atoms with Crippen molar-refractivity contribution >= 4 is 11.6 Å². The highest BCUT2D eigenvalue weighted by molar-refractivity contribution is 6.31. The standard InChI is InChI=1S/C18H20ClN/c1-13-6-8-14(9-7-13)17-12-20-11-10-15(17)16-4-2-3-5-18(16)19/h2-9,15,17,20H,10-12H2,1H3. The van der Waals surface area contributed by atoms with Crippen molar-refractivity contribution in [3.63, 3.8) is 0 Å². The van der Waals surface area contributed by atoms with Crippen LogP contribution in [-0.2, 0) is 0 Å². The van der Waals surface area contributed by atoms with Crippen LogP contribution in [0.15, 0.2) is 48.5 Å². The fourth-order valence-electron chi connectivity index (χ4n) is 3.17. The fraction of sp³-hybridized carbons (Fsp3) is 0.333. The Bertz CT molecular complexity index is 576. The van der Waals surface area contributed by atoms with E-state index >= 15 is 0 Å². The average molecular weight is 286 g/mol. The summed E-state index contributed by atoms with van der Waals surface area (Å²) in [5, 5.41) is 4.42. The SMILES string of the molecule is Cc1ccc(C2CNCCC2c2ccccc2Cl)cc1. The summed E-state index contributed by atoms with van der Waals surface area (Å²) in [6.07, 6.45) is 1.14. The fourth-order valence-corrected chi connectivity index (χ4v) is 3.45. The van der Waals surface area contributed by atoms with Crippen molar-refractivity contribution in [3.05, 3.63) is 70.2 Å². The van der Waals surface area contributed by atoms with Gasteiger partial charge in [-0.05, 0) is 43.0 Å². The first-order valence-corrected chi connectivity index (χ1v) is 7.65. The highest BCUT2D eigenvalue weighted by Crippen LogP contribution is 2.39. The normalized spacial score (nSPS) is 22.7. The molecule has 1 saturated heterocycles. The molecule has 0 spiro atoms. The van der Waals surface area contributed by atoms with Crippen molar-refractivity contribution in [2.75, 3.05) is 13.1 Å². The van der Waals surface area contributed by atoms with Crippen LogP contribution in [-0.4, -0.2) is 13.1 Å². The molecular weight excluding hydrogens is 266 g/mol. The van der Waals surface area contributed by atoms with Gasteiger partial charge in [0.2, 0.25) is 0 Å². The Balaban J connectivity index is 1.95. The number of aryl methyl sites for hydroxylation is 1. The van der Waals surface area contributed by atoms with Crippen LogP contribution in [0.2, 0.25) is 5.02 Å². The highest BCUT2D eigenvalue weighted by Gasteiger charge is 2.28. The van der Waals surface area contributed by atoms with Gasteiger partial charge in [0, 0.05) is 17.5 Å². The molecule has 20 heavy (non-hydrogen) atoms. The van der Waals surface area contributed by atoms with E-state index in [1.54, 1.807) is 0 Å². The van der Waals surface area contributed by atoms with E-state index in [-0.39, 0.29) is 0 Å². The molecule has 104 valence electrons. The lowest BCUT2D eigenvalue weighted by Gasteiger charge is -2.33. The van der Waals surface area contributed by atoms with E-state index in [4.69, 9.17) is 11.6 Å². The van der Waals surface area contributed by atoms with Crippen LogP contribution in [0.1, 0.15) is 34.9 Å². The lowest BCUT2D eigenvalue weighted by Crippen LogP contribution is -2.34. The first-order chi connectivity index (χ1) is 9.75. The third kappa shape index (κ3) is 2.74. The topological polar surface area (TPSA) is 12.0 Å². The molecule has 1 nitrogen and oxygen atoms in total. The lowest BCUT2D eigenvalue weighted by molar-refractivity contribution is 0.404. The Morgan fingerprint density at radius 1 is 1.00 bits per heavy atom. The van der Waals surface area contributed by atoms with Gasteiger partial charge in [0.25, 0.3) is 0 Å². The first-order valence-electron chi connectivity index (χ1n) is 7.27. The smallest absolute Gasteiger partial charge is 0.0441 e. The lowest BCUT2D eigenvalue weighted by atomic mass is 9.77. The Labute approximate surface area is 126 Å². The molecule has 1 N–H and O–H groups in total. The van der Waals surface area contributed by atoms with E-state index in [9.17, 15) is 0 Å². The molecule has 0 aliphatic carbocycles. The van der Waals surface area contributed by atoms with E-state index in [2.05, 4.69) is 48.6 Å². The van der Waals surface area contributed by atoms with Crippen LogP contribution in [0.5, 0.6) is 0 Å². The Hall–Kier alpha value is -1.31. The largest absolute Gasteiger partial charge is 0.316 e. The Kier molecular flexibility index (Phi) is 4.09. The van der Waals surface area contributed by atoms with Crippen molar-refractivity contribution in [3.8, 4) is 0 Å². The number of hydrogen-bond acceptors (Lipinski definition) is 1. The van der Waals surface area contributed by atoms with Crippen LogP contribution >= 0.6 is 11.6 Å². The molecule has 2 aromatic rings. The summed E-state index contributed by atoms with van der Waals surface area (Å²) >= 11 is 6.42. The van der Waals surface area contributed by atoms with Crippen molar-refractivity contribution in [1.82, 2.24) is 5.32 Å². The molecule has 0 radical (unpaired) electrons. The van der Waals surface area contributed by atoms with Crippen LogP contribution in [0.3, 0.4) is 0 Å². The van der Waals surface area contributed by atoms with Crippen LogP contribution in [0.4, 0.5) is 0 Å². The molecule has 1 fully saturated rings. The molecule has 2 heteroatoms. The van der Waals surface area contributed by atoms with E-state index in [1.807, 2.05) is 12.1 Å². The van der Waals surface area contributed by atoms with Crippen LogP contribution in [0, 0.1) is 6.92 Å². The van der Waals surface area contributed by atoms with Gasteiger partial charge in [-0.1, -0.05) is 59.6 Å². The van der Waals surface area contributed by atoms with Crippen molar-refractivity contribution in [1.29, 1.82) is 0 Å². The number of halogens is 1. The van der Waals surface area contributed by atoms with Gasteiger partial charge in [-0.15, -0.1) is 0 Å². The predicted octanol–water partition coefficient (Wildman–Crippen LogP) is 4.51. The summed E-state index contributed by atoms with van der Waals surface area (Å²) in [5.41, 5.74) is 4.01. The molecule has 3 rings (SSSR count). The van der Waals surface area contributed by atoms with E-state index in [1.165, 1.54) is 16.7 Å². The van der Waals surface area contributed by atoms with Crippen LogP contribution < -0.4 is 5.32 Å². The molecule has 0 amide bonds. The van der Waals surface area contributed by atoms with Crippen molar-refractivity contribution in [2.24, 2.45) is 0 Å². The number of piperidine rings is 1. The molecule has 0 aromatic heterocycles. The molecule has 1 aliphatic rings. The maximum absolute atomic E-state index is 6.42. The second-order valence-electron chi connectivity index (χ2n) is 5.64. The van der Waals surface area contributed by atoms with Gasteiger partial charge in [0.15, 0.2) is 0 Å². The first kappa shape index (κ1) is 13.7. The van der Waals surface area contributed by atoms with Crippen molar-refractivity contribution in [2.45, 2.75) is 25.2 Å². The molecule has 0 saturated carbocycles. The van der Waals surface area contributed by atoms with Gasteiger partial charge in [0.05, 0.1) is 0 Å². The summed E-state index contributed by atoms with van der Waals surface area (Å²) < 4.78 is 0. The number of nitrogens with one attached hydrogen (secondary N) is 1. The minimum absolute atomic E-state index is 0.504. The van der Waals surface area contributed by atoms with Crippen molar-refractivity contribution < 1.29 is 0 Å². The second-order valence-corrected chi connectivity index (χ2v) is 6.05. The highest BCUT2D eigenvalue weighted by atomic mass is 35.5. The zero-order chi connectivity index (χ0) is 13.9. The number of benzene rings is 2. The van der Waals surface area contributed by atoms with Gasteiger partial charge in [-0.2, -0.15) is 0 Å². The Morgan fingerprint density at radius 2 is 1.75 bits per heavy atom. The van der Waals surface area contributed by atoms with E-state index in [0.29, 0.717) is 11.8 Å². The molecule has 0 bridgehead atoms. The van der Waals surface area contributed by atoms with E-state index < -0.39 is 0 Å². The third-order valence-corrected chi connectivity index (χ3v) is 4.64. The average Bonchev–Trinajstić information content (AvgIpc) is 2.49. The summed E-state index contributed by atoms with van der Waals surface area (Å²) in [6.45, 7) is 4.23. The zero-order valence-corrected chi connectivity index (χ0v) is 12.5. The maximum atomic E-state index is 6.42. The molecule has 2 unspecified atom stereocenters. The molecule has 2 aromatic carbocycles. The third-order valence-electron chi connectivity index (χ3n) is 4.29. The number of rotatable bonds is 2. The summed E-state index contributed by atoms with van der Waals surface area (Å²) in [7, 11) is 0. The molecule has 1 heterocycles. The second kappa shape index (κ2) is 5.99. The van der Waals surface area contributed by atoms with Gasteiger partial charge >= 0.3 is 0 Å². The zero-order valence-electron chi connectivity index (χ0n) is 11.8. The molecule has 2 atom stereocenters. The minimum atomic E-state index is 0.504. The maximum Gasteiger partial charge on any atom is 0.0441 e. The predicted molar refractivity (Wildman–Crippen MR) is 85.6 cm³/mol. The van der Waals surface area contributed by atoms with Gasteiger partial charge in [-0.3, -0.25) is 0 Å². The summed E-state index contributed by atoms with van der Waals surface area (Å²) in [5.74, 6) is 1.01. The van der Waals surface area contributed by atoms with Gasteiger partial charge < -0.3 is 5.32 Å². The Morgan fingerprint density at radius 3 is 2.50 bits per heavy atom. The van der Waals surface area contributed by atoms with Crippen LogP contribution in [0.25, 0.3) is 0 Å². The summed E-state index contributed by atoms with van der Waals surface area (Å²) in [6, 6.07) is 17.2. The van der Waals surface area contributed by atoms with Gasteiger partial charge in [-0.25, -0.2) is 0 Å². The molecular formula is C18H20ClN. The number of hydrogen-bond donors (Lipinski definition) is 1. The van der Waals surface area contributed by atoms with Gasteiger partial charge in [0.1, 0.15) is 0 Å². The quantitative estimate of drug-likeness (QED) is 0.856. The minimum Gasteiger partial charge on any atom is -0.316 e. The van der Waals surface area contributed by atoms with E-state index in [0.717, 1.165) is 24.5 Å². The summed E-state index contributed by atoms with van der Waals surface area (Å²) in [4.78, 5) is 0.